The van der Waals surface area contributed by atoms with Gasteiger partial charge in [0.25, 0.3) is 0 Å². The summed E-state index contributed by atoms with van der Waals surface area (Å²) in [4.78, 5) is 24.2. The molecule has 0 fully saturated rings. The van der Waals surface area contributed by atoms with Gasteiger partial charge in [0.2, 0.25) is 5.78 Å². The summed E-state index contributed by atoms with van der Waals surface area (Å²) in [7, 11) is 0. The average Bonchev–Trinajstić information content (AvgIpc) is 2.89. The fraction of sp³-hybridized carbons (Fsp3) is 0.238. The highest BCUT2D eigenvalue weighted by atomic mass is 79.9. The molecule has 2 aromatic rings. The van der Waals surface area contributed by atoms with Gasteiger partial charge in [-0.3, -0.25) is 4.79 Å². The van der Waals surface area contributed by atoms with Gasteiger partial charge in [-0.1, -0.05) is 28.1 Å². The molecule has 0 N–H and O–H groups in total. The molecule has 0 bridgehead atoms. The smallest absolute Gasteiger partial charge is 0.344 e. The molecule has 27 heavy (non-hydrogen) atoms. The molecule has 0 atom stereocenters. The Hall–Kier alpha value is -2.60. The van der Waals surface area contributed by atoms with Crippen molar-refractivity contribution in [2.45, 2.75) is 26.4 Å². The molecular formula is C21H19BrO5. The first kappa shape index (κ1) is 19.2. The van der Waals surface area contributed by atoms with Gasteiger partial charge in [0.1, 0.15) is 17.1 Å². The van der Waals surface area contributed by atoms with Crippen LogP contribution in [-0.2, 0) is 9.53 Å². The Morgan fingerprint density at radius 3 is 2.52 bits per heavy atom. The highest BCUT2D eigenvalue weighted by Gasteiger charge is 2.28. The summed E-state index contributed by atoms with van der Waals surface area (Å²) in [5.74, 6) is 0.432. The zero-order chi connectivity index (χ0) is 19.6. The zero-order valence-electron chi connectivity index (χ0n) is 15.2. The minimum Gasteiger partial charge on any atom is -0.482 e. The Labute approximate surface area is 166 Å². The van der Waals surface area contributed by atoms with Crippen LogP contribution in [0.5, 0.6) is 11.5 Å². The molecule has 3 rings (SSSR count). The number of halogens is 1. The van der Waals surface area contributed by atoms with Crippen molar-refractivity contribution < 1.29 is 23.8 Å². The second kappa shape index (κ2) is 7.56. The van der Waals surface area contributed by atoms with E-state index in [4.69, 9.17) is 14.2 Å². The van der Waals surface area contributed by atoms with Crippen molar-refractivity contribution in [1.82, 2.24) is 0 Å². The predicted molar refractivity (Wildman–Crippen MR) is 105 cm³/mol. The van der Waals surface area contributed by atoms with Gasteiger partial charge in [-0.15, -0.1) is 0 Å². The second-order valence-electron chi connectivity index (χ2n) is 7.02. The van der Waals surface area contributed by atoms with Gasteiger partial charge in [-0.05, 0) is 56.7 Å². The molecule has 1 aliphatic heterocycles. The first-order valence-electron chi connectivity index (χ1n) is 8.40. The van der Waals surface area contributed by atoms with Gasteiger partial charge in [0, 0.05) is 10.5 Å². The number of allylic oxidation sites excluding steroid dienone is 1. The average molecular weight is 431 g/mol. The number of ether oxygens (including phenoxy) is 3. The van der Waals surface area contributed by atoms with E-state index in [1.54, 1.807) is 45.0 Å². The van der Waals surface area contributed by atoms with Gasteiger partial charge in [0.15, 0.2) is 12.4 Å². The summed E-state index contributed by atoms with van der Waals surface area (Å²) in [6.07, 6.45) is 1.69. The number of ketones is 1. The Balaban J connectivity index is 1.70. The summed E-state index contributed by atoms with van der Waals surface area (Å²) < 4.78 is 17.3. The number of carbonyl (C=O) groups excluding carboxylic acids is 2. The largest absolute Gasteiger partial charge is 0.482 e. The maximum atomic E-state index is 12.5. The Morgan fingerprint density at radius 1 is 1.15 bits per heavy atom. The van der Waals surface area contributed by atoms with Crippen LogP contribution in [0.4, 0.5) is 0 Å². The van der Waals surface area contributed by atoms with E-state index in [-0.39, 0.29) is 18.1 Å². The predicted octanol–water partition coefficient (Wildman–Crippen LogP) is 4.79. The number of Topliss-reactive ketones (excluding diaryl/α,β-unsaturated/α-hetero) is 1. The lowest BCUT2D eigenvalue weighted by atomic mass is 10.1. The lowest BCUT2D eigenvalue weighted by molar-refractivity contribution is -0.157. The van der Waals surface area contributed by atoms with Crippen LogP contribution in [0.25, 0.3) is 6.08 Å². The third-order valence-electron chi connectivity index (χ3n) is 3.59. The minimum absolute atomic E-state index is 0.188. The molecule has 0 aromatic heterocycles. The third-order valence-corrected chi connectivity index (χ3v) is 4.11. The molecular weight excluding hydrogens is 412 g/mol. The normalized spacial score (nSPS) is 14.7. The van der Waals surface area contributed by atoms with E-state index in [0.29, 0.717) is 17.1 Å². The van der Waals surface area contributed by atoms with Crippen LogP contribution in [0.15, 0.2) is 52.7 Å². The van der Waals surface area contributed by atoms with Crippen LogP contribution in [0.1, 0.15) is 36.7 Å². The van der Waals surface area contributed by atoms with Gasteiger partial charge >= 0.3 is 5.97 Å². The number of hydrogen-bond acceptors (Lipinski definition) is 5. The van der Waals surface area contributed by atoms with Gasteiger partial charge < -0.3 is 14.2 Å². The number of hydrogen-bond donors (Lipinski definition) is 0. The van der Waals surface area contributed by atoms with Crippen LogP contribution in [0.2, 0.25) is 0 Å². The van der Waals surface area contributed by atoms with E-state index < -0.39 is 11.6 Å². The van der Waals surface area contributed by atoms with Crippen molar-refractivity contribution in [3.8, 4) is 11.5 Å². The zero-order valence-corrected chi connectivity index (χ0v) is 16.8. The summed E-state index contributed by atoms with van der Waals surface area (Å²) in [6.45, 7) is 5.16. The lowest BCUT2D eigenvalue weighted by Gasteiger charge is -2.19. The second-order valence-corrected chi connectivity index (χ2v) is 7.94. The fourth-order valence-corrected chi connectivity index (χ4v) is 2.74. The van der Waals surface area contributed by atoms with Gasteiger partial charge in [0.05, 0.1) is 5.56 Å². The molecule has 1 heterocycles. The molecule has 2 aromatic carbocycles. The van der Waals surface area contributed by atoms with Crippen LogP contribution in [0, 0.1) is 0 Å². The van der Waals surface area contributed by atoms with E-state index in [0.717, 1.165) is 10.0 Å². The molecule has 1 aliphatic rings. The summed E-state index contributed by atoms with van der Waals surface area (Å²) in [5, 5.41) is 0. The van der Waals surface area contributed by atoms with Gasteiger partial charge in [-0.2, -0.15) is 0 Å². The van der Waals surface area contributed by atoms with Crippen LogP contribution >= 0.6 is 15.9 Å². The van der Waals surface area contributed by atoms with Crippen molar-refractivity contribution in [1.29, 1.82) is 0 Å². The number of esters is 1. The fourth-order valence-electron chi connectivity index (χ4n) is 2.48. The molecule has 0 amide bonds. The standard InChI is InChI=1S/C21H19BrO5/c1-21(2,3)27-19(23)12-25-15-8-9-16-17(11-15)26-18(20(16)24)10-13-4-6-14(22)7-5-13/h4-11H,12H2,1-3H3. The number of rotatable bonds is 4. The van der Waals surface area contributed by atoms with Crippen LogP contribution in [-0.4, -0.2) is 24.0 Å². The van der Waals surface area contributed by atoms with E-state index in [1.807, 2.05) is 24.3 Å². The van der Waals surface area contributed by atoms with E-state index in [9.17, 15) is 9.59 Å². The first-order valence-corrected chi connectivity index (χ1v) is 9.19. The van der Waals surface area contributed by atoms with Crippen molar-refractivity contribution in [2.24, 2.45) is 0 Å². The van der Waals surface area contributed by atoms with Crippen molar-refractivity contribution in [3.63, 3.8) is 0 Å². The molecule has 5 nitrogen and oxygen atoms in total. The van der Waals surface area contributed by atoms with E-state index in [1.165, 1.54) is 0 Å². The van der Waals surface area contributed by atoms with Gasteiger partial charge in [-0.25, -0.2) is 4.79 Å². The maximum Gasteiger partial charge on any atom is 0.344 e. The number of fused-ring (bicyclic) bond motifs is 1. The Bertz CT molecular complexity index is 907. The summed E-state index contributed by atoms with van der Waals surface area (Å²) in [5.41, 5.74) is 0.749. The third kappa shape index (κ3) is 4.98. The van der Waals surface area contributed by atoms with E-state index in [2.05, 4.69) is 15.9 Å². The Morgan fingerprint density at radius 2 is 1.85 bits per heavy atom. The van der Waals surface area contributed by atoms with Crippen LogP contribution < -0.4 is 9.47 Å². The minimum atomic E-state index is -0.569. The van der Waals surface area contributed by atoms with Crippen molar-refractivity contribution >= 4 is 33.8 Å². The first-order chi connectivity index (χ1) is 12.7. The molecule has 0 aliphatic carbocycles. The summed E-state index contributed by atoms with van der Waals surface area (Å²) >= 11 is 3.38. The van der Waals surface area contributed by atoms with Crippen molar-refractivity contribution in [2.75, 3.05) is 6.61 Å². The molecule has 0 radical (unpaired) electrons. The maximum absolute atomic E-state index is 12.5. The van der Waals surface area contributed by atoms with E-state index >= 15 is 0 Å². The molecule has 0 unspecified atom stereocenters. The molecule has 0 spiro atoms. The molecule has 6 heteroatoms. The molecule has 0 saturated carbocycles. The molecule has 140 valence electrons. The highest BCUT2D eigenvalue weighted by Crippen LogP contribution is 2.35. The highest BCUT2D eigenvalue weighted by molar-refractivity contribution is 9.10. The number of benzene rings is 2. The quantitative estimate of drug-likeness (QED) is 0.515. The Kier molecular flexibility index (Phi) is 5.37. The molecule has 0 saturated heterocycles. The number of carbonyl (C=O) groups is 2. The monoisotopic (exact) mass is 430 g/mol. The van der Waals surface area contributed by atoms with Crippen molar-refractivity contribution in [3.05, 3.63) is 63.8 Å². The summed E-state index contributed by atoms with van der Waals surface area (Å²) in [6, 6.07) is 12.4. The topological polar surface area (TPSA) is 61.8 Å². The lowest BCUT2D eigenvalue weighted by Crippen LogP contribution is -2.27. The SMILES string of the molecule is CC(C)(C)OC(=O)COc1ccc2c(c1)OC(=Cc1ccc(Br)cc1)C2=O. The van der Waals surface area contributed by atoms with Crippen LogP contribution in [0.3, 0.4) is 0 Å².